The highest BCUT2D eigenvalue weighted by molar-refractivity contribution is 9.10. The number of aromatic nitrogens is 1. The van der Waals surface area contributed by atoms with Crippen LogP contribution in [0.5, 0.6) is 5.75 Å². The Labute approximate surface area is 164 Å². The Hall–Kier alpha value is -2.38. The highest BCUT2D eigenvalue weighted by atomic mass is 79.9. The van der Waals surface area contributed by atoms with Crippen molar-refractivity contribution in [3.05, 3.63) is 75.2 Å². The van der Waals surface area contributed by atoms with E-state index in [-0.39, 0.29) is 12.1 Å². The van der Waals surface area contributed by atoms with Gasteiger partial charge in [0, 0.05) is 21.6 Å². The summed E-state index contributed by atoms with van der Waals surface area (Å²) in [6.07, 6.45) is 0. The maximum absolute atomic E-state index is 12.3. The zero-order valence-electron chi connectivity index (χ0n) is 14.1. The lowest BCUT2D eigenvalue weighted by molar-refractivity contribution is 0.249. The minimum absolute atomic E-state index is 0.114. The van der Waals surface area contributed by atoms with Crippen molar-refractivity contribution in [3.8, 4) is 5.75 Å². The van der Waals surface area contributed by atoms with E-state index >= 15 is 0 Å². The molecule has 1 unspecified atom stereocenters. The molecule has 7 heteroatoms. The van der Waals surface area contributed by atoms with Gasteiger partial charge in [0.05, 0.1) is 17.2 Å². The maximum Gasteiger partial charge on any atom is 0.319 e. The Morgan fingerprint density at radius 3 is 2.88 bits per heavy atom. The van der Waals surface area contributed by atoms with Crippen molar-refractivity contribution in [2.45, 2.75) is 19.6 Å². The molecule has 0 saturated carbocycles. The summed E-state index contributed by atoms with van der Waals surface area (Å²) in [4.78, 5) is 16.4. The largest absolute Gasteiger partial charge is 0.487 e. The molecule has 0 saturated heterocycles. The van der Waals surface area contributed by atoms with Crippen LogP contribution in [0.25, 0.3) is 0 Å². The summed E-state index contributed by atoms with van der Waals surface area (Å²) in [7, 11) is 0. The van der Waals surface area contributed by atoms with Crippen LogP contribution in [-0.2, 0) is 6.61 Å². The second-order valence-corrected chi connectivity index (χ2v) is 7.31. The lowest BCUT2D eigenvalue weighted by Gasteiger charge is -2.15. The molecule has 3 rings (SSSR count). The van der Waals surface area contributed by atoms with E-state index in [0.29, 0.717) is 18.0 Å². The highest BCUT2D eigenvalue weighted by Gasteiger charge is 2.10. The predicted molar refractivity (Wildman–Crippen MR) is 108 cm³/mol. The van der Waals surface area contributed by atoms with Crippen LogP contribution in [-0.4, -0.2) is 11.0 Å². The number of carbonyl (C=O) groups excluding carboxylic acids is 1. The van der Waals surface area contributed by atoms with Crippen LogP contribution in [0.1, 0.15) is 24.2 Å². The number of anilines is 1. The minimum Gasteiger partial charge on any atom is -0.487 e. The summed E-state index contributed by atoms with van der Waals surface area (Å²) < 4.78 is 6.68. The summed E-state index contributed by atoms with van der Waals surface area (Å²) in [6.45, 7) is 2.34. The molecule has 2 aromatic carbocycles. The number of halogens is 1. The van der Waals surface area contributed by atoms with E-state index < -0.39 is 0 Å². The van der Waals surface area contributed by atoms with Gasteiger partial charge in [-0.05, 0) is 36.8 Å². The van der Waals surface area contributed by atoms with Gasteiger partial charge in [0.15, 0.2) is 0 Å². The number of benzene rings is 2. The summed E-state index contributed by atoms with van der Waals surface area (Å²) >= 11 is 4.97. The molecule has 0 aliphatic rings. The number of amides is 2. The van der Waals surface area contributed by atoms with Gasteiger partial charge in [0.25, 0.3) is 0 Å². The molecule has 2 amide bonds. The fourth-order valence-corrected chi connectivity index (χ4v) is 3.31. The molecule has 0 spiro atoms. The number of nitrogens with one attached hydrogen (secondary N) is 2. The molecular weight excluding hydrogens is 414 g/mol. The molecule has 2 N–H and O–H groups in total. The molecular formula is C19H18BrN3O2S. The van der Waals surface area contributed by atoms with E-state index in [2.05, 4.69) is 31.5 Å². The smallest absolute Gasteiger partial charge is 0.319 e. The summed E-state index contributed by atoms with van der Waals surface area (Å²) in [5.74, 6) is 0.677. The van der Waals surface area contributed by atoms with Crippen LogP contribution in [0, 0.1) is 0 Å². The van der Waals surface area contributed by atoms with Gasteiger partial charge >= 0.3 is 6.03 Å². The summed E-state index contributed by atoms with van der Waals surface area (Å²) in [6, 6.07) is 14.8. The second-order valence-electron chi connectivity index (χ2n) is 5.67. The Morgan fingerprint density at radius 2 is 2.12 bits per heavy atom. The molecule has 0 aliphatic heterocycles. The van der Waals surface area contributed by atoms with Crippen LogP contribution >= 0.6 is 27.3 Å². The number of rotatable bonds is 6. The fourth-order valence-electron chi connectivity index (χ4n) is 2.35. The average molecular weight is 432 g/mol. The number of ether oxygens (including phenoxy) is 1. The zero-order chi connectivity index (χ0) is 18.4. The normalized spacial score (nSPS) is 11.6. The molecule has 5 nitrogen and oxygen atoms in total. The lowest BCUT2D eigenvalue weighted by Crippen LogP contribution is -2.31. The molecule has 0 bridgehead atoms. The maximum atomic E-state index is 12.3. The quantitative estimate of drug-likeness (QED) is 0.551. The lowest BCUT2D eigenvalue weighted by atomic mass is 10.1. The SMILES string of the molecule is CC(NC(=O)Nc1cccc(OCc2cscn2)c1)c1cccc(Br)c1. The van der Waals surface area contributed by atoms with Gasteiger partial charge < -0.3 is 15.4 Å². The number of hydrogen-bond donors (Lipinski definition) is 2. The van der Waals surface area contributed by atoms with Crippen molar-refractivity contribution in [3.63, 3.8) is 0 Å². The molecule has 1 atom stereocenters. The van der Waals surface area contributed by atoms with Gasteiger partial charge in [-0.1, -0.05) is 34.1 Å². The van der Waals surface area contributed by atoms with Crippen LogP contribution in [0.15, 0.2) is 63.9 Å². The Morgan fingerprint density at radius 1 is 1.27 bits per heavy atom. The standard InChI is InChI=1S/C19H18BrN3O2S/c1-13(14-4-2-5-15(20)8-14)22-19(24)23-16-6-3-7-18(9-16)25-10-17-11-26-12-21-17/h2-9,11-13H,10H2,1H3,(H2,22,23,24). The molecule has 0 fully saturated rings. The predicted octanol–water partition coefficient (Wildman–Crippen LogP) is 5.37. The Kier molecular flexibility index (Phi) is 6.25. The van der Waals surface area contributed by atoms with E-state index in [9.17, 15) is 4.79 Å². The zero-order valence-corrected chi connectivity index (χ0v) is 16.5. The van der Waals surface area contributed by atoms with Crippen molar-refractivity contribution in [1.29, 1.82) is 0 Å². The van der Waals surface area contributed by atoms with Gasteiger partial charge in [-0.3, -0.25) is 0 Å². The van der Waals surface area contributed by atoms with Crippen molar-refractivity contribution in [1.82, 2.24) is 10.3 Å². The van der Waals surface area contributed by atoms with Gasteiger partial charge in [-0.15, -0.1) is 11.3 Å². The minimum atomic E-state index is -0.269. The van der Waals surface area contributed by atoms with Crippen molar-refractivity contribution < 1.29 is 9.53 Å². The first kappa shape index (κ1) is 18.4. The first-order chi connectivity index (χ1) is 12.6. The fraction of sp³-hybridized carbons (Fsp3) is 0.158. The Bertz CT molecular complexity index is 871. The van der Waals surface area contributed by atoms with Crippen LogP contribution in [0.2, 0.25) is 0 Å². The first-order valence-electron chi connectivity index (χ1n) is 8.03. The Balaban J connectivity index is 1.56. The van der Waals surface area contributed by atoms with E-state index in [0.717, 1.165) is 15.7 Å². The summed E-state index contributed by atoms with van der Waals surface area (Å²) in [5.41, 5.74) is 4.34. The number of urea groups is 1. The monoisotopic (exact) mass is 431 g/mol. The molecule has 134 valence electrons. The highest BCUT2D eigenvalue weighted by Crippen LogP contribution is 2.20. The van der Waals surface area contributed by atoms with Crippen LogP contribution < -0.4 is 15.4 Å². The number of carbonyl (C=O) groups is 1. The van der Waals surface area contributed by atoms with E-state index in [1.165, 1.54) is 11.3 Å². The van der Waals surface area contributed by atoms with Crippen molar-refractivity contribution in [2.24, 2.45) is 0 Å². The van der Waals surface area contributed by atoms with Gasteiger partial charge in [-0.2, -0.15) is 0 Å². The molecule has 1 aromatic heterocycles. The molecule has 1 heterocycles. The summed E-state index contributed by atoms with van der Waals surface area (Å²) in [5, 5.41) is 7.70. The third-order valence-corrected chi connectivity index (χ3v) is 4.79. The topological polar surface area (TPSA) is 63.2 Å². The van der Waals surface area contributed by atoms with E-state index in [1.54, 1.807) is 11.6 Å². The third-order valence-electron chi connectivity index (χ3n) is 3.66. The van der Waals surface area contributed by atoms with Gasteiger partial charge in [-0.25, -0.2) is 9.78 Å². The first-order valence-corrected chi connectivity index (χ1v) is 9.76. The van der Waals surface area contributed by atoms with Crippen LogP contribution in [0.3, 0.4) is 0 Å². The van der Waals surface area contributed by atoms with Crippen molar-refractivity contribution in [2.75, 3.05) is 5.32 Å². The van der Waals surface area contributed by atoms with Crippen molar-refractivity contribution >= 4 is 39.0 Å². The molecule has 3 aromatic rings. The van der Waals surface area contributed by atoms with E-state index in [1.807, 2.05) is 54.8 Å². The van der Waals surface area contributed by atoms with E-state index in [4.69, 9.17) is 4.74 Å². The second kappa shape index (κ2) is 8.82. The number of hydrogen-bond acceptors (Lipinski definition) is 4. The average Bonchev–Trinajstić information content (AvgIpc) is 3.14. The van der Waals surface area contributed by atoms with Gasteiger partial charge in [0.2, 0.25) is 0 Å². The molecule has 26 heavy (non-hydrogen) atoms. The number of nitrogens with zero attached hydrogens (tertiary/aromatic N) is 1. The third kappa shape index (κ3) is 5.31. The molecule has 0 radical (unpaired) electrons. The van der Waals surface area contributed by atoms with Crippen LogP contribution in [0.4, 0.5) is 10.5 Å². The number of thiazole rings is 1. The molecule has 0 aliphatic carbocycles. The van der Waals surface area contributed by atoms with Gasteiger partial charge in [0.1, 0.15) is 12.4 Å².